The highest BCUT2D eigenvalue weighted by Gasteiger charge is 2.17. The fourth-order valence-corrected chi connectivity index (χ4v) is 4.05. The van der Waals surface area contributed by atoms with Crippen LogP contribution in [0.3, 0.4) is 0 Å². The molecule has 5 heteroatoms. The van der Waals surface area contributed by atoms with Gasteiger partial charge in [-0.2, -0.15) is 0 Å². The number of carbonyl (C=O) groups excluding carboxylic acids is 1. The van der Waals surface area contributed by atoms with Crippen molar-refractivity contribution in [3.8, 4) is 0 Å². The molecule has 0 aliphatic rings. The van der Waals surface area contributed by atoms with Crippen LogP contribution < -0.4 is 5.32 Å². The van der Waals surface area contributed by atoms with Crippen LogP contribution in [0.2, 0.25) is 0 Å². The maximum absolute atomic E-state index is 12.2. The van der Waals surface area contributed by atoms with E-state index in [0.29, 0.717) is 0 Å². The number of aryl methyl sites for hydroxylation is 2. The third-order valence-corrected chi connectivity index (χ3v) is 5.53. The molecule has 1 amide bonds. The summed E-state index contributed by atoms with van der Waals surface area (Å²) in [4.78, 5) is 16.6. The maximum atomic E-state index is 12.2. The number of hydrogen-bond donors (Lipinski definition) is 1. The van der Waals surface area contributed by atoms with E-state index in [2.05, 4.69) is 29.4 Å². The fourth-order valence-electron chi connectivity index (χ4n) is 2.05. The van der Waals surface area contributed by atoms with Crippen LogP contribution in [0.15, 0.2) is 40.1 Å². The minimum Gasteiger partial charge on any atom is -0.353 e. The number of thioether (sulfide) groups is 1. The average Bonchev–Trinajstić information content (AvgIpc) is 2.91. The first kappa shape index (κ1) is 17.0. The van der Waals surface area contributed by atoms with Crippen LogP contribution in [-0.2, 0) is 11.2 Å². The van der Waals surface area contributed by atoms with Gasteiger partial charge in [-0.1, -0.05) is 42.1 Å². The Morgan fingerprint density at radius 1 is 1.32 bits per heavy atom. The highest BCUT2D eigenvalue weighted by atomic mass is 32.2. The van der Waals surface area contributed by atoms with Gasteiger partial charge in [0, 0.05) is 17.1 Å². The first-order chi connectivity index (χ1) is 10.5. The molecule has 3 nitrogen and oxygen atoms in total. The second kappa shape index (κ2) is 8.34. The van der Waals surface area contributed by atoms with Gasteiger partial charge >= 0.3 is 0 Å². The van der Waals surface area contributed by atoms with Gasteiger partial charge in [-0.15, -0.1) is 11.3 Å². The monoisotopic (exact) mass is 334 g/mol. The third kappa shape index (κ3) is 5.46. The van der Waals surface area contributed by atoms with Crippen molar-refractivity contribution in [1.82, 2.24) is 10.3 Å². The molecule has 0 radical (unpaired) electrons. The molecule has 118 valence electrons. The number of nitrogens with one attached hydrogen (secondary N) is 1. The summed E-state index contributed by atoms with van der Waals surface area (Å²) in [6.45, 7) is 5.96. The van der Waals surface area contributed by atoms with Crippen LogP contribution in [0.25, 0.3) is 0 Å². The topological polar surface area (TPSA) is 42.0 Å². The van der Waals surface area contributed by atoms with Gasteiger partial charge in [0.05, 0.1) is 5.25 Å². The maximum Gasteiger partial charge on any atom is 0.233 e. The van der Waals surface area contributed by atoms with E-state index in [-0.39, 0.29) is 17.2 Å². The zero-order valence-corrected chi connectivity index (χ0v) is 14.8. The van der Waals surface area contributed by atoms with Crippen molar-refractivity contribution in [1.29, 1.82) is 0 Å². The second-order valence-corrected chi connectivity index (χ2v) is 7.89. The van der Waals surface area contributed by atoms with Gasteiger partial charge in [0.1, 0.15) is 0 Å². The molecule has 22 heavy (non-hydrogen) atoms. The number of thiazole rings is 1. The lowest BCUT2D eigenvalue weighted by Gasteiger charge is -2.16. The van der Waals surface area contributed by atoms with E-state index < -0.39 is 0 Å². The van der Waals surface area contributed by atoms with Crippen LogP contribution in [-0.4, -0.2) is 22.2 Å². The van der Waals surface area contributed by atoms with Gasteiger partial charge in [0.25, 0.3) is 0 Å². The van der Waals surface area contributed by atoms with Crippen molar-refractivity contribution in [2.75, 3.05) is 0 Å². The van der Waals surface area contributed by atoms with Crippen LogP contribution >= 0.6 is 23.1 Å². The van der Waals surface area contributed by atoms with Gasteiger partial charge in [-0.05, 0) is 39.2 Å². The summed E-state index contributed by atoms with van der Waals surface area (Å²) in [5.74, 6) is 0.0819. The molecule has 1 aromatic heterocycles. The molecule has 0 saturated heterocycles. The molecule has 1 N–H and O–H groups in total. The molecule has 0 aliphatic carbocycles. The Morgan fingerprint density at radius 3 is 2.68 bits per heavy atom. The zero-order valence-electron chi connectivity index (χ0n) is 13.2. The Balaban J connectivity index is 1.75. The van der Waals surface area contributed by atoms with Crippen LogP contribution in [0.1, 0.15) is 31.5 Å². The van der Waals surface area contributed by atoms with Gasteiger partial charge in [0.2, 0.25) is 5.91 Å². The first-order valence-corrected chi connectivity index (χ1v) is 9.23. The SMILES string of the molecule is Cc1csc(SC(C)C(=O)NC(C)CCc2ccccc2)n1. The number of carbonyl (C=O) groups is 1. The zero-order chi connectivity index (χ0) is 15.9. The molecule has 0 saturated carbocycles. The number of amides is 1. The molecule has 2 atom stereocenters. The number of rotatable bonds is 7. The van der Waals surface area contributed by atoms with Crippen molar-refractivity contribution >= 4 is 29.0 Å². The van der Waals surface area contributed by atoms with Crippen molar-refractivity contribution in [3.05, 3.63) is 47.0 Å². The molecule has 0 bridgehead atoms. The molecule has 0 spiro atoms. The summed E-state index contributed by atoms with van der Waals surface area (Å²) in [6, 6.07) is 10.5. The highest BCUT2D eigenvalue weighted by molar-refractivity contribution is 8.02. The van der Waals surface area contributed by atoms with Gasteiger partial charge in [-0.25, -0.2) is 4.98 Å². The molecular formula is C17H22N2OS2. The summed E-state index contributed by atoms with van der Waals surface area (Å²) < 4.78 is 0.956. The van der Waals surface area contributed by atoms with Crippen molar-refractivity contribution < 1.29 is 4.79 Å². The van der Waals surface area contributed by atoms with E-state index >= 15 is 0 Å². The summed E-state index contributed by atoms with van der Waals surface area (Å²) in [5, 5.41) is 4.98. The van der Waals surface area contributed by atoms with Crippen LogP contribution in [0.4, 0.5) is 0 Å². The molecular weight excluding hydrogens is 312 g/mol. The quantitative estimate of drug-likeness (QED) is 0.776. The van der Waals surface area contributed by atoms with E-state index in [0.717, 1.165) is 22.9 Å². The number of hydrogen-bond acceptors (Lipinski definition) is 4. The van der Waals surface area contributed by atoms with Crippen molar-refractivity contribution in [2.45, 2.75) is 49.2 Å². The van der Waals surface area contributed by atoms with E-state index in [1.165, 1.54) is 17.3 Å². The van der Waals surface area contributed by atoms with Gasteiger partial charge < -0.3 is 5.32 Å². The minimum atomic E-state index is -0.121. The number of nitrogens with zero attached hydrogens (tertiary/aromatic N) is 1. The Hall–Kier alpha value is -1.33. The Labute approximate surface area is 140 Å². The second-order valence-electron chi connectivity index (χ2n) is 5.45. The first-order valence-electron chi connectivity index (χ1n) is 7.47. The normalized spacial score (nSPS) is 13.6. The molecule has 0 fully saturated rings. The fraction of sp³-hybridized carbons (Fsp3) is 0.412. The lowest BCUT2D eigenvalue weighted by atomic mass is 10.1. The highest BCUT2D eigenvalue weighted by Crippen LogP contribution is 2.26. The molecule has 2 unspecified atom stereocenters. The summed E-state index contributed by atoms with van der Waals surface area (Å²) in [6.07, 6.45) is 1.93. The van der Waals surface area contributed by atoms with Gasteiger partial charge in [-0.3, -0.25) is 4.79 Å². The molecule has 0 aliphatic heterocycles. The summed E-state index contributed by atoms with van der Waals surface area (Å²) >= 11 is 3.12. The number of benzene rings is 1. The largest absolute Gasteiger partial charge is 0.353 e. The lowest BCUT2D eigenvalue weighted by molar-refractivity contribution is -0.120. The van der Waals surface area contributed by atoms with E-state index in [4.69, 9.17) is 0 Å². The molecule has 1 aromatic carbocycles. The molecule has 2 rings (SSSR count). The standard InChI is InChI=1S/C17H22N2OS2/c1-12(9-10-15-7-5-4-6-8-15)18-16(20)14(3)22-17-19-13(2)11-21-17/h4-8,11-12,14H,9-10H2,1-3H3,(H,18,20). The summed E-state index contributed by atoms with van der Waals surface area (Å²) in [5.41, 5.74) is 2.32. The van der Waals surface area contributed by atoms with Crippen molar-refractivity contribution in [2.24, 2.45) is 0 Å². The van der Waals surface area contributed by atoms with Crippen LogP contribution in [0, 0.1) is 6.92 Å². The average molecular weight is 335 g/mol. The predicted molar refractivity (Wildman–Crippen MR) is 94.5 cm³/mol. The van der Waals surface area contributed by atoms with Crippen LogP contribution in [0.5, 0.6) is 0 Å². The minimum absolute atomic E-state index is 0.0819. The van der Waals surface area contributed by atoms with E-state index in [1.54, 1.807) is 11.3 Å². The molecule has 1 heterocycles. The Kier molecular flexibility index (Phi) is 6.46. The smallest absolute Gasteiger partial charge is 0.233 e. The predicted octanol–water partition coefficient (Wildman–Crippen LogP) is 4.07. The third-order valence-electron chi connectivity index (χ3n) is 3.34. The summed E-state index contributed by atoms with van der Waals surface area (Å²) in [7, 11) is 0. The van der Waals surface area contributed by atoms with E-state index in [9.17, 15) is 4.79 Å². The lowest BCUT2D eigenvalue weighted by Crippen LogP contribution is -2.37. The Morgan fingerprint density at radius 2 is 2.05 bits per heavy atom. The molecule has 2 aromatic rings. The van der Waals surface area contributed by atoms with Crippen molar-refractivity contribution in [3.63, 3.8) is 0 Å². The van der Waals surface area contributed by atoms with Gasteiger partial charge in [0.15, 0.2) is 4.34 Å². The Bertz CT molecular complexity index is 598. The number of aromatic nitrogens is 1. The van der Waals surface area contributed by atoms with E-state index in [1.807, 2.05) is 37.4 Å².